The maximum Gasteiger partial charge on any atom is 0.243 e. The molecule has 5 heteroatoms. The average molecular weight is 280 g/mol. The van der Waals surface area contributed by atoms with Crippen molar-refractivity contribution in [1.82, 2.24) is 9.21 Å². The maximum atomic E-state index is 12.6. The van der Waals surface area contributed by atoms with Gasteiger partial charge in [-0.15, -0.1) is 6.58 Å². The van der Waals surface area contributed by atoms with Crippen LogP contribution in [0.3, 0.4) is 0 Å². The highest BCUT2D eigenvalue weighted by molar-refractivity contribution is 7.89. The minimum Gasteiger partial charge on any atom is -0.303 e. The molecule has 2 rings (SSSR count). The van der Waals surface area contributed by atoms with Gasteiger partial charge in [0.15, 0.2) is 0 Å². The lowest BCUT2D eigenvalue weighted by Crippen LogP contribution is -2.52. The van der Waals surface area contributed by atoms with Crippen LogP contribution in [0.25, 0.3) is 0 Å². The highest BCUT2D eigenvalue weighted by Crippen LogP contribution is 2.21. The summed E-state index contributed by atoms with van der Waals surface area (Å²) in [6.45, 7) is 7.64. The van der Waals surface area contributed by atoms with E-state index in [-0.39, 0.29) is 6.04 Å². The Labute approximate surface area is 115 Å². The van der Waals surface area contributed by atoms with Crippen molar-refractivity contribution >= 4 is 10.0 Å². The summed E-state index contributed by atoms with van der Waals surface area (Å²) >= 11 is 0. The average Bonchev–Trinajstić information content (AvgIpc) is 2.38. The molecule has 1 aromatic carbocycles. The van der Waals surface area contributed by atoms with Gasteiger partial charge in [0, 0.05) is 19.6 Å². The second-order valence-corrected chi connectivity index (χ2v) is 6.88. The summed E-state index contributed by atoms with van der Waals surface area (Å²) < 4.78 is 26.8. The van der Waals surface area contributed by atoms with Crippen molar-refractivity contribution in [3.8, 4) is 0 Å². The second kappa shape index (κ2) is 5.45. The Bertz CT molecular complexity index is 551. The van der Waals surface area contributed by atoms with Gasteiger partial charge in [0.2, 0.25) is 10.0 Å². The largest absolute Gasteiger partial charge is 0.303 e. The molecular formula is C14H20N2O2S. The number of aryl methyl sites for hydroxylation is 1. The summed E-state index contributed by atoms with van der Waals surface area (Å²) in [5, 5.41) is 0. The zero-order valence-corrected chi connectivity index (χ0v) is 12.2. The van der Waals surface area contributed by atoms with Crippen LogP contribution in [0.2, 0.25) is 0 Å². The van der Waals surface area contributed by atoms with Crippen LogP contribution in [0.15, 0.2) is 41.8 Å². The van der Waals surface area contributed by atoms with Crippen LogP contribution in [-0.2, 0) is 10.0 Å². The third kappa shape index (κ3) is 2.88. The third-order valence-electron chi connectivity index (χ3n) is 3.47. The summed E-state index contributed by atoms with van der Waals surface area (Å²) in [5.41, 5.74) is 1.05. The summed E-state index contributed by atoms with van der Waals surface area (Å²) in [6.07, 6.45) is 1.71. The number of likely N-dealkylation sites (N-methyl/N-ethyl adjacent to an activating group) is 1. The monoisotopic (exact) mass is 280 g/mol. The molecule has 1 aliphatic rings. The molecule has 0 spiro atoms. The smallest absolute Gasteiger partial charge is 0.243 e. The Kier molecular flexibility index (Phi) is 4.08. The van der Waals surface area contributed by atoms with E-state index in [1.807, 2.05) is 26.1 Å². The Morgan fingerprint density at radius 2 is 1.89 bits per heavy atom. The SMILES string of the molecule is C=CC1CN(C)CCN1S(=O)(=O)c1ccc(C)cc1. The molecule has 0 saturated carbocycles. The van der Waals surface area contributed by atoms with Gasteiger partial charge in [-0.2, -0.15) is 4.31 Å². The molecule has 0 aromatic heterocycles. The molecule has 0 amide bonds. The van der Waals surface area contributed by atoms with Gasteiger partial charge in [-0.25, -0.2) is 8.42 Å². The fourth-order valence-corrected chi connectivity index (χ4v) is 3.85. The zero-order chi connectivity index (χ0) is 14.0. The standard InChI is InChI=1S/C14H20N2O2S/c1-4-13-11-15(3)9-10-16(13)19(17,18)14-7-5-12(2)6-8-14/h4-8,13H,1,9-11H2,2-3H3. The zero-order valence-electron chi connectivity index (χ0n) is 11.4. The first-order valence-electron chi connectivity index (χ1n) is 6.35. The lowest BCUT2D eigenvalue weighted by molar-refractivity contribution is 0.185. The first-order valence-corrected chi connectivity index (χ1v) is 7.79. The van der Waals surface area contributed by atoms with Gasteiger partial charge in [-0.05, 0) is 26.1 Å². The molecule has 0 N–H and O–H groups in total. The molecule has 1 unspecified atom stereocenters. The van der Waals surface area contributed by atoms with Crippen molar-refractivity contribution in [2.45, 2.75) is 17.9 Å². The van der Waals surface area contributed by atoms with Gasteiger partial charge >= 0.3 is 0 Å². The number of nitrogens with zero attached hydrogens (tertiary/aromatic N) is 2. The fourth-order valence-electron chi connectivity index (χ4n) is 2.27. The molecule has 1 saturated heterocycles. The molecule has 0 aliphatic carbocycles. The Morgan fingerprint density at radius 1 is 1.26 bits per heavy atom. The van der Waals surface area contributed by atoms with Gasteiger partial charge in [0.1, 0.15) is 0 Å². The topological polar surface area (TPSA) is 40.6 Å². The third-order valence-corrected chi connectivity index (χ3v) is 5.41. The summed E-state index contributed by atoms with van der Waals surface area (Å²) in [4.78, 5) is 2.47. The molecular weight excluding hydrogens is 260 g/mol. The molecule has 1 aromatic rings. The number of piperazine rings is 1. The minimum atomic E-state index is -3.43. The lowest BCUT2D eigenvalue weighted by atomic mass is 10.2. The van der Waals surface area contributed by atoms with Gasteiger partial charge in [-0.1, -0.05) is 23.8 Å². The summed E-state index contributed by atoms with van der Waals surface area (Å²) in [5.74, 6) is 0. The minimum absolute atomic E-state index is 0.162. The van der Waals surface area contributed by atoms with Crippen molar-refractivity contribution in [1.29, 1.82) is 0 Å². The molecule has 1 aliphatic heterocycles. The van der Waals surface area contributed by atoms with Crippen LogP contribution < -0.4 is 0 Å². The Balaban J connectivity index is 2.33. The van der Waals surface area contributed by atoms with Gasteiger partial charge in [0.25, 0.3) is 0 Å². The summed E-state index contributed by atoms with van der Waals surface area (Å²) in [6, 6.07) is 6.83. The van der Waals surface area contributed by atoms with Crippen LogP contribution >= 0.6 is 0 Å². The number of hydrogen-bond acceptors (Lipinski definition) is 3. The molecule has 1 atom stereocenters. The van der Waals surface area contributed by atoms with Crippen molar-refractivity contribution in [3.63, 3.8) is 0 Å². The Morgan fingerprint density at radius 3 is 2.47 bits per heavy atom. The van der Waals surface area contributed by atoms with E-state index in [9.17, 15) is 8.42 Å². The van der Waals surface area contributed by atoms with Crippen LogP contribution in [0.4, 0.5) is 0 Å². The van der Waals surface area contributed by atoms with Gasteiger partial charge < -0.3 is 4.90 Å². The highest BCUT2D eigenvalue weighted by atomic mass is 32.2. The van der Waals surface area contributed by atoms with E-state index in [0.29, 0.717) is 18.0 Å². The van der Waals surface area contributed by atoms with Crippen molar-refractivity contribution < 1.29 is 8.42 Å². The molecule has 19 heavy (non-hydrogen) atoms. The first kappa shape index (κ1) is 14.2. The van der Waals surface area contributed by atoms with E-state index in [1.54, 1.807) is 22.5 Å². The predicted molar refractivity (Wildman–Crippen MR) is 76.6 cm³/mol. The number of rotatable bonds is 3. The second-order valence-electron chi connectivity index (χ2n) is 4.99. The van der Waals surface area contributed by atoms with Crippen molar-refractivity contribution in [3.05, 3.63) is 42.5 Å². The van der Waals surface area contributed by atoms with E-state index in [2.05, 4.69) is 11.5 Å². The summed E-state index contributed by atoms with van der Waals surface area (Å²) in [7, 11) is -1.44. The van der Waals surface area contributed by atoms with E-state index < -0.39 is 10.0 Å². The molecule has 1 fully saturated rings. The fraction of sp³-hybridized carbons (Fsp3) is 0.429. The molecule has 0 bridgehead atoms. The molecule has 0 radical (unpaired) electrons. The normalized spacial score (nSPS) is 22.3. The molecule has 4 nitrogen and oxygen atoms in total. The van der Waals surface area contributed by atoms with Crippen LogP contribution in [0.1, 0.15) is 5.56 Å². The molecule has 104 valence electrons. The number of hydrogen-bond donors (Lipinski definition) is 0. The van der Waals surface area contributed by atoms with Gasteiger partial charge in [0.05, 0.1) is 10.9 Å². The quantitative estimate of drug-likeness (QED) is 0.788. The van der Waals surface area contributed by atoms with E-state index in [4.69, 9.17) is 0 Å². The first-order chi connectivity index (χ1) is 8.95. The van der Waals surface area contributed by atoms with E-state index in [1.165, 1.54) is 0 Å². The van der Waals surface area contributed by atoms with E-state index in [0.717, 1.165) is 12.1 Å². The lowest BCUT2D eigenvalue weighted by Gasteiger charge is -2.37. The Hall–Kier alpha value is -1.17. The highest BCUT2D eigenvalue weighted by Gasteiger charge is 2.33. The van der Waals surface area contributed by atoms with Crippen LogP contribution in [-0.4, -0.2) is 50.3 Å². The van der Waals surface area contributed by atoms with Gasteiger partial charge in [-0.3, -0.25) is 0 Å². The van der Waals surface area contributed by atoms with Crippen molar-refractivity contribution in [2.75, 3.05) is 26.7 Å². The van der Waals surface area contributed by atoms with Crippen LogP contribution in [0, 0.1) is 6.92 Å². The van der Waals surface area contributed by atoms with Crippen LogP contribution in [0.5, 0.6) is 0 Å². The van der Waals surface area contributed by atoms with E-state index >= 15 is 0 Å². The van der Waals surface area contributed by atoms with Crippen molar-refractivity contribution in [2.24, 2.45) is 0 Å². The number of sulfonamides is 1. The predicted octanol–water partition coefficient (Wildman–Crippen LogP) is 1.49. The maximum absolute atomic E-state index is 12.6. The molecule has 1 heterocycles. The number of benzene rings is 1.